The Morgan fingerprint density at radius 3 is 2.38 bits per heavy atom. The van der Waals surface area contributed by atoms with Crippen LogP contribution in [0.4, 0.5) is 4.39 Å². The van der Waals surface area contributed by atoms with Gasteiger partial charge in [0.2, 0.25) is 11.8 Å². The summed E-state index contributed by atoms with van der Waals surface area (Å²) in [6, 6.07) is -1.15. The lowest BCUT2D eigenvalue weighted by atomic mass is 9.84. The van der Waals surface area contributed by atoms with Crippen LogP contribution in [-0.4, -0.2) is 42.0 Å². The van der Waals surface area contributed by atoms with Crippen LogP contribution in [0.3, 0.4) is 0 Å². The van der Waals surface area contributed by atoms with Crippen molar-refractivity contribution in [2.45, 2.75) is 39.8 Å². The van der Waals surface area contributed by atoms with Crippen molar-refractivity contribution >= 4 is 11.8 Å². The molecular weight excluding hydrogens is 211 g/mol. The van der Waals surface area contributed by atoms with Crippen molar-refractivity contribution in [2.75, 3.05) is 13.2 Å². The van der Waals surface area contributed by atoms with E-state index in [0.717, 1.165) is 0 Å². The largest absolute Gasteiger partial charge is 0.342 e. The molecule has 1 aliphatic rings. The predicted molar refractivity (Wildman–Crippen MR) is 58.5 cm³/mol. The molecule has 2 unspecified atom stereocenters. The van der Waals surface area contributed by atoms with Crippen LogP contribution in [0.5, 0.6) is 0 Å². The van der Waals surface area contributed by atoms with Gasteiger partial charge in [0.25, 0.3) is 0 Å². The van der Waals surface area contributed by atoms with Crippen molar-refractivity contribution < 1.29 is 14.0 Å². The van der Waals surface area contributed by atoms with Gasteiger partial charge in [0.15, 0.2) is 0 Å². The summed E-state index contributed by atoms with van der Waals surface area (Å²) < 4.78 is 12.3. The van der Waals surface area contributed by atoms with Crippen molar-refractivity contribution in [3.8, 4) is 0 Å². The van der Waals surface area contributed by atoms with E-state index >= 15 is 0 Å². The van der Waals surface area contributed by atoms with Crippen molar-refractivity contribution in [3.05, 3.63) is 0 Å². The van der Waals surface area contributed by atoms with Crippen LogP contribution in [0.1, 0.15) is 27.7 Å². The molecule has 1 heterocycles. The molecule has 0 bridgehead atoms. The Labute approximate surface area is 95.2 Å². The number of nitrogens with zero attached hydrogens (tertiary/aromatic N) is 1. The summed E-state index contributed by atoms with van der Waals surface area (Å²) in [4.78, 5) is 25.0. The number of rotatable bonds is 2. The van der Waals surface area contributed by atoms with Crippen molar-refractivity contribution in [1.82, 2.24) is 10.2 Å². The van der Waals surface area contributed by atoms with Crippen LogP contribution in [0.25, 0.3) is 0 Å². The normalized spacial score (nSPS) is 26.9. The van der Waals surface area contributed by atoms with Crippen molar-refractivity contribution in [3.63, 3.8) is 0 Å². The summed E-state index contributed by atoms with van der Waals surface area (Å²) in [5.74, 6) is -0.412. The van der Waals surface area contributed by atoms with E-state index in [1.165, 1.54) is 4.90 Å². The maximum atomic E-state index is 12.3. The maximum absolute atomic E-state index is 12.3. The first-order valence-electron chi connectivity index (χ1n) is 5.46. The zero-order chi connectivity index (χ0) is 12.5. The molecule has 1 fully saturated rings. The fourth-order valence-corrected chi connectivity index (χ4v) is 1.80. The minimum atomic E-state index is -0.625. The molecule has 92 valence electrons. The lowest BCUT2D eigenvalue weighted by Crippen LogP contribution is -2.66. The van der Waals surface area contributed by atoms with Crippen LogP contribution in [0, 0.1) is 5.41 Å². The highest BCUT2D eigenvalue weighted by molar-refractivity contribution is 5.97. The fourth-order valence-electron chi connectivity index (χ4n) is 1.80. The van der Waals surface area contributed by atoms with E-state index in [-0.39, 0.29) is 23.8 Å². The summed E-state index contributed by atoms with van der Waals surface area (Å²) in [6.07, 6.45) is 0. The third-order valence-corrected chi connectivity index (χ3v) is 2.86. The van der Waals surface area contributed by atoms with E-state index in [1.54, 1.807) is 6.92 Å². The van der Waals surface area contributed by atoms with Gasteiger partial charge in [-0.05, 0) is 12.3 Å². The molecular formula is C11H19FN2O2. The standard InChI is InChI=1S/C11H19FN2O2/c1-7-9(15)13-8(11(2,3)4)10(16)14(7)6-5-12/h7-8H,5-6H2,1-4H3,(H,13,15). The summed E-state index contributed by atoms with van der Waals surface area (Å²) in [5, 5.41) is 2.69. The molecule has 2 atom stereocenters. The van der Waals surface area contributed by atoms with Crippen molar-refractivity contribution in [1.29, 1.82) is 0 Å². The zero-order valence-electron chi connectivity index (χ0n) is 10.2. The molecule has 0 aromatic carbocycles. The third-order valence-electron chi connectivity index (χ3n) is 2.86. The van der Waals surface area contributed by atoms with Gasteiger partial charge in [0.1, 0.15) is 18.8 Å². The van der Waals surface area contributed by atoms with Crippen LogP contribution in [-0.2, 0) is 9.59 Å². The van der Waals surface area contributed by atoms with E-state index in [2.05, 4.69) is 5.32 Å². The first-order chi connectivity index (χ1) is 7.29. The van der Waals surface area contributed by atoms with E-state index in [9.17, 15) is 14.0 Å². The highest BCUT2D eigenvalue weighted by Gasteiger charge is 2.43. The minimum Gasteiger partial charge on any atom is -0.342 e. The Kier molecular flexibility index (Phi) is 3.55. The smallest absolute Gasteiger partial charge is 0.246 e. The van der Waals surface area contributed by atoms with Gasteiger partial charge in [0, 0.05) is 6.54 Å². The molecule has 1 aliphatic heterocycles. The number of hydrogen-bond donors (Lipinski definition) is 1. The lowest BCUT2D eigenvalue weighted by molar-refractivity contribution is -0.151. The van der Waals surface area contributed by atoms with Gasteiger partial charge >= 0.3 is 0 Å². The molecule has 1 rings (SSSR count). The third kappa shape index (κ3) is 2.33. The Bertz CT molecular complexity index is 299. The van der Waals surface area contributed by atoms with Crippen LogP contribution in [0.15, 0.2) is 0 Å². The molecule has 0 aromatic heterocycles. The van der Waals surface area contributed by atoms with E-state index in [1.807, 2.05) is 20.8 Å². The van der Waals surface area contributed by atoms with E-state index in [0.29, 0.717) is 0 Å². The molecule has 0 aromatic rings. The second-order valence-electron chi connectivity index (χ2n) is 5.20. The molecule has 16 heavy (non-hydrogen) atoms. The molecule has 2 amide bonds. The summed E-state index contributed by atoms with van der Waals surface area (Å²) in [7, 11) is 0. The maximum Gasteiger partial charge on any atom is 0.246 e. The van der Waals surface area contributed by atoms with Crippen LogP contribution < -0.4 is 5.32 Å². The average molecular weight is 230 g/mol. The van der Waals surface area contributed by atoms with Gasteiger partial charge in [-0.15, -0.1) is 0 Å². The van der Waals surface area contributed by atoms with Crippen molar-refractivity contribution in [2.24, 2.45) is 5.41 Å². The van der Waals surface area contributed by atoms with Crippen LogP contribution in [0.2, 0.25) is 0 Å². The van der Waals surface area contributed by atoms with Crippen LogP contribution >= 0.6 is 0 Å². The lowest BCUT2D eigenvalue weighted by Gasteiger charge is -2.41. The van der Waals surface area contributed by atoms with Gasteiger partial charge in [0.05, 0.1) is 0 Å². The molecule has 0 saturated carbocycles. The SMILES string of the molecule is CC1C(=O)NC(C(C)(C)C)C(=O)N1CCF. The molecule has 5 heteroatoms. The van der Waals surface area contributed by atoms with Gasteiger partial charge in [-0.25, -0.2) is 4.39 Å². The number of piperazine rings is 1. The Balaban J connectivity index is 2.93. The number of carbonyl (C=O) groups excluding carboxylic acids is 2. The van der Waals surface area contributed by atoms with Gasteiger partial charge in [-0.2, -0.15) is 0 Å². The average Bonchev–Trinajstić information content (AvgIpc) is 2.16. The first kappa shape index (κ1) is 12.9. The summed E-state index contributed by atoms with van der Waals surface area (Å²) >= 11 is 0. The van der Waals surface area contributed by atoms with Gasteiger partial charge in [-0.1, -0.05) is 20.8 Å². The second-order valence-corrected chi connectivity index (χ2v) is 5.20. The molecule has 0 aliphatic carbocycles. The number of amides is 2. The molecule has 4 nitrogen and oxygen atoms in total. The van der Waals surface area contributed by atoms with Gasteiger partial charge in [-0.3, -0.25) is 9.59 Å². The summed E-state index contributed by atoms with van der Waals surface area (Å²) in [5.41, 5.74) is -0.360. The highest BCUT2D eigenvalue weighted by atomic mass is 19.1. The Morgan fingerprint density at radius 2 is 1.94 bits per heavy atom. The minimum absolute atomic E-state index is 0.0139. The highest BCUT2D eigenvalue weighted by Crippen LogP contribution is 2.24. The molecule has 0 spiro atoms. The molecule has 1 N–H and O–H groups in total. The number of hydrogen-bond acceptors (Lipinski definition) is 2. The molecule has 0 radical (unpaired) electrons. The molecule has 1 saturated heterocycles. The summed E-state index contributed by atoms with van der Waals surface area (Å²) in [6.45, 7) is 6.60. The zero-order valence-corrected chi connectivity index (χ0v) is 10.2. The van der Waals surface area contributed by atoms with Gasteiger partial charge < -0.3 is 10.2 Å². The number of alkyl halides is 1. The first-order valence-corrected chi connectivity index (χ1v) is 5.46. The second kappa shape index (κ2) is 4.39. The number of nitrogens with one attached hydrogen (secondary N) is 1. The Hall–Kier alpha value is -1.13. The topological polar surface area (TPSA) is 49.4 Å². The fraction of sp³-hybridized carbons (Fsp3) is 0.818. The van der Waals surface area contributed by atoms with E-state index in [4.69, 9.17) is 0 Å². The number of carbonyl (C=O) groups is 2. The number of halogens is 1. The predicted octanol–water partition coefficient (Wildman–Crippen LogP) is 0.717. The monoisotopic (exact) mass is 230 g/mol. The quantitative estimate of drug-likeness (QED) is 0.760. The van der Waals surface area contributed by atoms with E-state index < -0.39 is 18.8 Å². The Morgan fingerprint density at radius 1 is 1.38 bits per heavy atom.